The number of benzene rings is 2. The minimum Gasteiger partial charge on any atom is -0.507 e. The second kappa shape index (κ2) is 10.4. The van der Waals surface area contributed by atoms with E-state index in [2.05, 4.69) is 89.5 Å². The van der Waals surface area contributed by atoms with Crippen LogP contribution < -0.4 is 15.4 Å². The number of hydrogen-bond donors (Lipinski definition) is 3. The van der Waals surface area contributed by atoms with E-state index >= 15 is 0 Å². The summed E-state index contributed by atoms with van der Waals surface area (Å²) in [5.41, 5.74) is 3.98. The SMILES string of the molecule is COc1ccc(N[C@H]2C=CC(NCSc3cc(C(C)(C)C)c(O)c(C(C)(C)C)c3)=C[C@H]2C)cc1. The number of phenols is 1. The molecule has 0 amide bonds. The highest BCUT2D eigenvalue weighted by molar-refractivity contribution is 7.99. The smallest absolute Gasteiger partial charge is 0.123 e. The first-order valence-electron chi connectivity index (χ1n) is 11.9. The Kier molecular flexibility index (Phi) is 7.97. The van der Waals surface area contributed by atoms with E-state index in [1.165, 1.54) is 4.90 Å². The van der Waals surface area contributed by atoms with Crippen LogP contribution in [0, 0.1) is 5.92 Å². The molecule has 2 aromatic rings. The third-order valence-electron chi connectivity index (χ3n) is 6.13. The average Bonchev–Trinajstić information content (AvgIpc) is 2.75. The van der Waals surface area contributed by atoms with Gasteiger partial charge in [0.2, 0.25) is 0 Å². The summed E-state index contributed by atoms with van der Waals surface area (Å²) in [7, 11) is 1.68. The summed E-state index contributed by atoms with van der Waals surface area (Å²) in [4.78, 5) is 1.17. The van der Waals surface area contributed by atoms with Gasteiger partial charge in [0.05, 0.1) is 19.0 Å². The maximum absolute atomic E-state index is 10.9. The number of methoxy groups -OCH3 is 1. The van der Waals surface area contributed by atoms with Crippen molar-refractivity contribution in [3.05, 3.63) is 71.5 Å². The lowest BCUT2D eigenvalue weighted by Crippen LogP contribution is -2.28. The molecule has 0 heterocycles. The Hall–Kier alpha value is -2.53. The summed E-state index contributed by atoms with van der Waals surface area (Å²) in [5.74, 6) is 2.41. The highest BCUT2D eigenvalue weighted by Crippen LogP contribution is 2.41. The summed E-state index contributed by atoms with van der Waals surface area (Å²) < 4.78 is 5.24. The Morgan fingerprint density at radius 1 is 0.971 bits per heavy atom. The second-order valence-electron chi connectivity index (χ2n) is 11.1. The molecule has 0 spiro atoms. The Labute approximate surface area is 209 Å². The Morgan fingerprint density at radius 2 is 1.56 bits per heavy atom. The highest BCUT2D eigenvalue weighted by Gasteiger charge is 2.26. The fraction of sp³-hybridized carbons (Fsp3) is 0.448. The largest absolute Gasteiger partial charge is 0.507 e. The van der Waals surface area contributed by atoms with E-state index in [1.54, 1.807) is 18.9 Å². The van der Waals surface area contributed by atoms with Crippen molar-refractivity contribution < 1.29 is 9.84 Å². The van der Waals surface area contributed by atoms with Gasteiger partial charge in [-0.3, -0.25) is 0 Å². The molecule has 2 atom stereocenters. The van der Waals surface area contributed by atoms with Gasteiger partial charge < -0.3 is 20.5 Å². The lowest BCUT2D eigenvalue weighted by Gasteiger charge is -2.28. The summed E-state index contributed by atoms with van der Waals surface area (Å²) in [6.45, 7) is 15.1. The molecule has 2 aromatic carbocycles. The number of allylic oxidation sites excluding steroid dienone is 1. The van der Waals surface area contributed by atoms with Crippen LogP contribution in [0.3, 0.4) is 0 Å². The molecule has 3 N–H and O–H groups in total. The first-order valence-corrected chi connectivity index (χ1v) is 12.9. The van der Waals surface area contributed by atoms with Crippen LogP contribution in [0.2, 0.25) is 0 Å². The molecule has 4 nitrogen and oxygen atoms in total. The zero-order chi connectivity index (χ0) is 25.1. The normalized spacial score (nSPS) is 18.4. The molecule has 0 saturated carbocycles. The fourth-order valence-corrected chi connectivity index (χ4v) is 4.85. The van der Waals surface area contributed by atoms with Crippen molar-refractivity contribution in [2.45, 2.75) is 70.2 Å². The molecule has 0 unspecified atom stereocenters. The zero-order valence-electron chi connectivity index (χ0n) is 21.8. The van der Waals surface area contributed by atoms with Gasteiger partial charge in [0, 0.05) is 33.3 Å². The minimum absolute atomic E-state index is 0.121. The quantitative estimate of drug-likeness (QED) is 0.289. The molecule has 0 radical (unpaired) electrons. The van der Waals surface area contributed by atoms with Crippen LogP contribution in [0.5, 0.6) is 11.5 Å². The van der Waals surface area contributed by atoms with Gasteiger partial charge >= 0.3 is 0 Å². The number of anilines is 1. The Balaban J connectivity index is 1.63. The maximum Gasteiger partial charge on any atom is 0.123 e. The molecule has 0 saturated heterocycles. The summed E-state index contributed by atoms with van der Waals surface area (Å²) >= 11 is 1.77. The van der Waals surface area contributed by atoms with E-state index < -0.39 is 0 Å². The van der Waals surface area contributed by atoms with E-state index in [4.69, 9.17) is 4.74 Å². The standard InChI is InChI=1S/C29H40N2O2S/c1-19-15-21(11-14-26(19)31-20-9-12-22(33-8)13-10-20)30-18-34-23-16-24(28(2,3)4)27(32)25(17-23)29(5,6)7/h9-17,19,26,30-32H,18H2,1-8H3/t19-,26+/m1/s1. The molecule has 34 heavy (non-hydrogen) atoms. The topological polar surface area (TPSA) is 53.5 Å². The van der Waals surface area contributed by atoms with Crippen LogP contribution in [0.1, 0.15) is 59.6 Å². The van der Waals surface area contributed by atoms with Gasteiger partial charge in [0.25, 0.3) is 0 Å². The number of nitrogens with one attached hydrogen (secondary N) is 2. The monoisotopic (exact) mass is 480 g/mol. The number of hydrogen-bond acceptors (Lipinski definition) is 5. The first kappa shape index (κ1) is 26.1. The van der Waals surface area contributed by atoms with Crippen molar-refractivity contribution in [3.63, 3.8) is 0 Å². The van der Waals surface area contributed by atoms with Crippen molar-refractivity contribution in [2.24, 2.45) is 5.92 Å². The van der Waals surface area contributed by atoms with Crippen molar-refractivity contribution >= 4 is 17.4 Å². The highest BCUT2D eigenvalue weighted by atomic mass is 32.2. The lowest BCUT2D eigenvalue weighted by molar-refractivity contribution is 0.415. The van der Waals surface area contributed by atoms with E-state index in [-0.39, 0.29) is 16.9 Å². The van der Waals surface area contributed by atoms with E-state index in [1.807, 2.05) is 24.3 Å². The molecule has 3 rings (SSSR count). The zero-order valence-corrected chi connectivity index (χ0v) is 22.6. The molecule has 0 aromatic heterocycles. The van der Waals surface area contributed by atoms with Crippen molar-refractivity contribution in [1.29, 1.82) is 0 Å². The van der Waals surface area contributed by atoms with Crippen molar-refractivity contribution in [1.82, 2.24) is 5.32 Å². The fourth-order valence-electron chi connectivity index (χ4n) is 4.04. The van der Waals surface area contributed by atoms with Gasteiger partial charge in [0.1, 0.15) is 11.5 Å². The summed E-state index contributed by atoms with van der Waals surface area (Å²) in [6.07, 6.45) is 6.65. The van der Waals surface area contributed by atoms with Crippen LogP contribution in [0.25, 0.3) is 0 Å². The van der Waals surface area contributed by atoms with E-state index in [0.717, 1.165) is 34.1 Å². The van der Waals surface area contributed by atoms with Crippen molar-refractivity contribution in [2.75, 3.05) is 18.3 Å². The van der Waals surface area contributed by atoms with Crippen molar-refractivity contribution in [3.8, 4) is 11.5 Å². The summed E-state index contributed by atoms with van der Waals surface area (Å²) in [6, 6.07) is 12.6. The van der Waals surface area contributed by atoms with Gasteiger partial charge in [-0.15, -0.1) is 11.8 Å². The van der Waals surface area contributed by atoms with Gasteiger partial charge in [-0.05, 0) is 53.3 Å². The van der Waals surface area contributed by atoms with E-state index in [0.29, 0.717) is 11.7 Å². The Morgan fingerprint density at radius 3 is 2.06 bits per heavy atom. The number of ether oxygens (including phenoxy) is 1. The van der Waals surface area contributed by atoms with Crippen LogP contribution in [0.4, 0.5) is 5.69 Å². The van der Waals surface area contributed by atoms with Gasteiger partial charge in [-0.25, -0.2) is 0 Å². The first-order chi connectivity index (χ1) is 15.9. The van der Waals surface area contributed by atoms with Crippen LogP contribution >= 0.6 is 11.8 Å². The van der Waals surface area contributed by atoms with Gasteiger partial charge in [-0.1, -0.05) is 60.6 Å². The Bertz CT molecular complexity index is 1010. The second-order valence-corrected chi connectivity index (χ2v) is 12.1. The maximum atomic E-state index is 10.9. The number of rotatable bonds is 7. The summed E-state index contributed by atoms with van der Waals surface area (Å²) in [5, 5.41) is 18.1. The van der Waals surface area contributed by atoms with E-state index in [9.17, 15) is 5.11 Å². The van der Waals surface area contributed by atoms with Crippen LogP contribution in [0.15, 0.2) is 65.2 Å². The minimum atomic E-state index is -0.121. The molecule has 0 fully saturated rings. The van der Waals surface area contributed by atoms with Crippen LogP contribution in [-0.2, 0) is 10.8 Å². The van der Waals surface area contributed by atoms with Gasteiger partial charge in [-0.2, -0.15) is 0 Å². The van der Waals surface area contributed by atoms with Crippen LogP contribution in [-0.4, -0.2) is 24.1 Å². The third-order valence-corrected chi connectivity index (χ3v) is 6.99. The number of thioether (sulfide) groups is 1. The predicted molar refractivity (Wildman–Crippen MR) is 146 cm³/mol. The molecular formula is C29H40N2O2S. The lowest BCUT2D eigenvalue weighted by atomic mass is 9.79. The number of aromatic hydroxyl groups is 1. The average molecular weight is 481 g/mol. The predicted octanol–water partition coefficient (Wildman–Crippen LogP) is 7.21. The molecule has 5 heteroatoms. The van der Waals surface area contributed by atoms with Gasteiger partial charge in [0.15, 0.2) is 0 Å². The molecule has 0 aliphatic heterocycles. The molecule has 1 aliphatic rings. The molecular weight excluding hydrogens is 440 g/mol. The third kappa shape index (κ3) is 6.53. The molecule has 184 valence electrons. The number of phenolic OH excluding ortho intramolecular Hbond substituents is 1. The molecule has 0 bridgehead atoms. The molecule has 1 aliphatic carbocycles.